The van der Waals surface area contributed by atoms with Crippen LogP contribution in [0.5, 0.6) is 0 Å². The Balaban J connectivity index is 2.18. The summed E-state index contributed by atoms with van der Waals surface area (Å²) in [6.45, 7) is 3.59. The van der Waals surface area contributed by atoms with Crippen molar-refractivity contribution in [1.82, 2.24) is 0 Å². The zero-order valence-corrected chi connectivity index (χ0v) is 16.1. The summed E-state index contributed by atoms with van der Waals surface area (Å²) in [6.07, 6.45) is 1.98. The Hall–Kier alpha value is -0.620. The number of allylic oxidation sites excluding steroid dienone is 1. The van der Waals surface area contributed by atoms with Gasteiger partial charge in [0.15, 0.2) is 11.6 Å². The molecule has 0 aliphatic heterocycles. The van der Waals surface area contributed by atoms with Crippen LogP contribution in [0.15, 0.2) is 22.7 Å². The van der Waals surface area contributed by atoms with Gasteiger partial charge in [-0.3, -0.25) is 4.79 Å². The highest BCUT2D eigenvalue weighted by Gasteiger charge is 2.53. The molecule has 1 aromatic rings. The molecule has 2 rings (SSSR count). The first-order valence-electron chi connectivity index (χ1n) is 7.14. The second-order valence-corrected chi connectivity index (χ2v) is 8.62. The fraction of sp³-hybridized carbons (Fsp3) is 0.438. The molecular weight excluding hydrogens is 423 g/mol. The van der Waals surface area contributed by atoms with Gasteiger partial charge in [0, 0.05) is 6.07 Å². The Bertz CT molecular complexity index is 730. The molecule has 2 nitrogen and oxygen atoms in total. The third-order valence-corrected chi connectivity index (χ3v) is 5.32. The van der Waals surface area contributed by atoms with Crippen LogP contribution in [0, 0.1) is 34.7 Å². The van der Waals surface area contributed by atoms with Crippen LogP contribution in [0.2, 0.25) is 0 Å². The first kappa shape index (κ1) is 20.7. The maximum Gasteiger partial charge on any atom is 0.312 e. The van der Waals surface area contributed by atoms with Gasteiger partial charge in [0.25, 0.3) is 4.52 Å². The van der Waals surface area contributed by atoms with E-state index in [0.29, 0.717) is 12.5 Å². The minimum Gasteiger partial charge on any atom is -0.424 e. The Kier molecular flexibility index (Phi) is 5.94. The van der Waals surface area contributed by atoms with Crippen LogP contribution in [0.3, 0.4) is 0 Å². The second kappa shape index (κ2) is 7.18. The normalized spacial score (nSPS) is 22.1. The number of rotatable bonds is 4. The lowest BCUT2D eigenvalue weighted by atomic mass is 9.55. The largest absolute Gasteiger partial charge is 0.424 e. The molecule has 0 aromatic heterocycles. The third-order valence-electron chi connectivity index (χ3n) is 4.51. The van der Waals surface area contributed by atoms with Gasteiger partial charge in [-0.2, -0.15) is 0 Å². The molecule has 1 aliphatic rings. The molecule has 0 spiro atoms. The minimum atomic E-state index is -2.50. The fourth-order valence-corrected chi connectivity index (χ4v) is 3.54. The topological polar surface area (TPSA) is 26.3 Å². The number of carbonyl (C=O) groups is 1. The number of carbonyl (C=O) groups excluding carboxylic acids is 1. The smallest absolute Gasteiger partial charge is 0.312 e. The van der Waals surface area contributed by atoms with Gasteiger partial charge >= 0.3 is 5.97 Å². The molecule has 138 valence electrons. The Morgan fingerprint density at radius 3 is 2.28 bits per heavy atom. The summed E-state index contributed by atoms with van der Waals surface area (Å²) in [5.74, 6) is -5.50. The third kappa shape index (κ3) is 4.21. The van der Waals surface area contributed by atoms with Gasteiger partial charge < -0.3 is 4.74 Å². The molecule has 1 saturated carbocycles. The molecule has 0 heterocycles. The van der Waals surface area contributed by atoms with E-state index in [1.165, 1.54) is 0 Å². The summed E-state index contributed by atoms with van der Waals surface area (Å²) < 4.78 is 42.7. The van der Waals surface area contributed by atoms with Crippen molar-refractivity contribution in [2.75, 3.05) is 0 Å². The molecule has 1 aliphatic carbocycles. The SMILES string of the molecule is CC1(C)C(C=C(Cl)Cl)CC1C(=O)OC(Cl)(Cl)c1cc(F)c(F)cc1F. The van der Waals surface area contributed by atoms with Crippen molar-refractivity contribution in [3.63, 3.8) is 0 Å². The van der Waals surface area contributed by atoms with Crippen LogP contribution < -0.4 is 0 Å². The molecule has 0 radical (unpaired) electrons. The van der Waals surface area contributed by atoms with Gasteiger partial charge in [0.2, 0.25) is 0 Å². The van der Waals surface area contributed by atoms with Crippen molar-refractivity contribution >= 4 is 52.4 Å². The van der Waals surface area contributed by atoms with Crippen molar-refractivity contribution < 1.29 is 22.7 Å². The van der Waals surface area contributed by atoms with Gasteiger partial charge in [-0.15, -0.1) is 0 Å². The highest BCUT2D eigenvalue weighted by molar-refractivity contribution is 6.55. The van der Waals surface area contributed by atoms with Crippen molar-refractivity contribution in [1.29, 1.82) is 0 Å². The number of ether oxygens (including phenoxy) is 1. The van der Waals surface area contributed by atoms with Gasteiger partial charge in [0.05, 0.1) is 11.5 Å². The predicted octanol–water partition coefficient (Wildman–Crippen LogP) is 6.22. The van der Waals surface area contributed by atoms with Gasteiger partial charge in [0.1, 0.15) is 10.3 Å². The van der Waals surface area contributed by atoms with E-state index in [9.17, 15) is 18.0 Å². The molecular formula is C16H13Cl4F3O2. The molecule has 0 bridgehead atoms. The molecule has 2 atom stereocenters. The number of esters is 1. The monoisotopic (exact) mass is 434 g/mol. The van der Waals surface area contributed by atoms with Crippen LogP contribution in [0.25, 0.3) is 0 Å². The van der Waals surface area contributed by atoms with E-state index in [2.05, 4.69) is 0 Å². The van der Waals surface area contributed by atoms with Gasteiger partial charge in [-0.1, -0.05) is 66.3 Å². The quantitative estimate of drug-likeness (QED) is 0.319. The van der Waals surface area contributed by atoms with Crippen LogP contribution in [0.4, 0.5) is 13.2 Å². The number of halogens is 7. The highest BCUT2D eigenvalue weighted by Crippen LogP contribution is 2.54. The zero-order chi connectivity index (χ0) is 19.2. The molecule has 25 heavy (non-hydrogen) atoms. The summed E-state index contributed by atoms with van der Waals surface area (Å²) >= 11 is 23.0. The number of hydrogen-bond donors (Lipinski definition) is 0. The highest BCUT2D eigenvalue weighted by atomic mass is 35.5. The predicted molar refractivity (Wildman–Crippen MR) is 91.0 cm³/mol. The second-order valence-electron chi connectivity index (χ2n) is 6.36. The summed E-state index contributed by atoms with van der Waals surface area (Å²) in [5, 5.41) is 0. The van der Waals surface area contributed by atoms with E-state index >= 15 is 0 Å². The standard InChI is InChI=1S/C16H13Cl4F3O2/c1-15(2)7(4-13(17)18)3-9(15)14(24)25-16(19,20)8-5-11(22)12(23)6-10(8)21/h4-7,9H,3H2,1-2H3. The maximum atomic E-state index is 13.8. The summed E-state index contributed by atoms with van der Waals surface area (Å²) in [6, 6.07) is 0.720. The van der Waals surface area contributed by atoms with Crippen molar-refractivity contribution in [2.45, 2.75) is 24.8 Å². The van der Waals surface area contributed by atoms with E-state index in [4.69, 9.17) is 51.1 Å². The van der Waals surface area contributed by atoms with E-state index in [1.807, 2.05) is 0 Å². The Morgan fingerprint density at radius 1 is 1.20 bits per heavy atom. The van der Waals surface area contributed by atoms with Crippen LogP contribution in [0.1, 0.15) is 25.8 Å². The van der Waals surface area contributed by atoms with Crippen LogP contribution in [-0.4, -0.2) is 5.97 Å². The zero-order valence-electron chi connectivity index (χ0n) is 13.1. The molecule has 1 aromatic carbocycles. The van der Waals surface area contributed by atoms with Crippen molar-refractivity contribution in [3.05, 3.63) is 45.7 Å². The minimum absolute atomic E-state index is 0.0740. The molecule has 0 N–H and O–H groups in total. The van der Waals surface area contributed by atoms with Crippen LogP contribution in [-0.2, 0) is 14.1 Å². The Morgan fingerprint density at radius 2 is 1.76 bits per heavy atom. The lowest BCUT2D eigenvalue weighted by Crippen LogP contribution is -2.49. The number of alkyl halides is 2. The average Bonchev–Trinajstić information content (AvgIpc) is 2.45. The first-order chi connectivity index (χ1) is 11.4. The molecule has 9 heteroatoms. The molecule has 0 amide bonds. The van der Waals surface area contributed by atoms with E-state index in [-0.39, 0.29) is 16.5 Å². The lowest BCUT2D eigenvalue weighted by Gasteiger charge is -2.49. The maximum absolute atomic E-state index is 13.8. The van der Waals surface area contributed by atoms with E-state index in [1.54, 1.807) is 19.9 Å². The average molecular weight is 436 g/mol. The number of hydrogen-bond acceptors (Lipinski definition) is 2. The van der Waals surface area contributed by atoms with Crippen molar-refractivity contribution in [2.24, 2.45) is 17.3 Å². The number of benzene rings is 1. The van der Waals surface area contributed by atoms with E-state index < -0.39 is 44.8 Å². The van der Waals surface area contributed by atoms with E-state index in [0.717, 1.165) is 0 Å². The molecule has 1 fully saturated rings. The summed E-state index contributed by atoms with van der Waals surface area (Å²) in [5.41, 5.74) is -1.25. The van der Waals surface area contributed by atoms with Gasteiger partial charge in [-0.25, -0.2) is 13.2 Å². The van der Waals surface area contributed by atoms with Crippen molar-refractivity contribution in [3.8, 4) is 0 Å². The van der Waals surface area contributed by atoms with Crippen LogP contribution >= 0.6 is 46.4 Å². The summed E-state index contributed by atoms with van der Waals surface area (Å²) in [4.78, 5) is 12.4. The molecule has 0 saturated heterocycles. The Labute approximate surface area is 162 Å². The molecule has 2 unspecified atom stereocenters. The van der Waals surface area contributed by atoms with Gasteiger partial charge in [-0.05, 0) is 23.8 Å². The first-order valence-corrected chi connectivity index (χ1v) is 8.66. The lowest BCUT2D eigenvalue weighted by molar-refractivity contribution is -0.167. The fourth-order valence-electron chi connectivity index (χ4n) is 2.79. The summed E-state index contributed by atoms with van der Waals surface area (Å²) in [7, 11) is 0.